The fourth-order valence-electron chi connectivity index (χ4n) is 2.52. The Morgan fingerprint density at radius 3 is 2.44 bits per heavy atom. The van der Waals surface area contributed by atoms with Crippen LogP contribution < -0.4 is 10.6 Å². The highest BCUT2D eigenvalue weighted by atomic mass is 32.2. The van der Waals surface area contributed by atoms with Gasteiger partial charge in [-0.2, -0.15) is 4.31 Å². The van der Waals surface area contributed by atoms with Crippen molar-refractivity contribution in [2.45, 2.75) is 32.1 Å². The minimum Gasteiger partial charge on any atom is -0.383 e. The van der Waals surface area contributed by atoms with E-state index in [0.717, 1.165) is 6.42 Å². The maximum Gasteiger partial charge on any atom is 0.275 e. The lowest BCUT2D eigenvalue weighted by molar-refractivity contribution is 0.102. The molecule has 9 heteroatoms. The first-order valence-electron chi connectivity index (χ1n) is 8.89. The van der Waals surface area contributed by atoms with Crippen molar-refractivity contribution in [3.05, 3.63) is 42.5 Å². The van der Waals surface area contributed by atoms with Gasteiger partial charge in [-0.15, -0.1) is 0 Å². The molecule has 146 valence electrons. The van der Waals surface area contributed by atoms with E-state index in [-0.39, 0.29) is 10.6 Å². The second-order valence-electron chi connectivity index (χ2n) is 5.77. The van der Waals surface area contributed by atoms with Gasteiger partial charge in [0.15, 0.2) is 0 Å². The summed E-state index contributed by atoms with van der Waals surface area (Å²) in [6, 6.07) is 4.68. The number of amides is 1. The zero-order valence-electron chi connectivity index (χ0n) is 15.8. The number of aromatic nitrogens is 2. The molecule has 0 radical (unpaired) electrons. The third-order valence-electron chi connectivity index (χ3n) is 3.94. The Bertz CT molecular complexity index is 868. The number of anilines is 2. The van der Waals surface area contributed by atoms with Gasteiger partial charge in [0.25, 0.3) is 5.91 Å². The molecule has 0 aliphatic rings. The minimum absolute atomic E-state index is 0.127. The highest BCUT2D eigenvalue weighted by molar-refractivity contribution is 7.89. The van der Waals surface area contributed by atoms with Crippen LogP contribution in [0.2, 0.25) is 0 Å². The first kappa shape index (κ1) is 20.8. The molecule has 1 amide bonds. The lowest BCUT2D eigenvalue weighted by Crippen LogP contribution is -2.30. The molecule has 1 aromatic carbocycles. The van der Waals surface area contributed by atoms with E-state index in [1.165, 1.54) is 29.0 Å². The van der Waals surface area contributed by atoms with Crippen LogP contribution in [0.3, 0.4) is 0 Å². The van der Waals surface area contributed by atoms with Gasteiger partial charge in [-0.05, 0) is 24.6 Å². The molecule has 27 heavy (non-hydrogen) atoms. The lowest BCUT2D eigenvalue weighted by atomic mass is 10.2. The number of benzene rings is 1. The number of nitrogens with one attached hydrogen (secondary N) is 2. The second-order valence-corrected chi connectivity index (χ2v) is 7.71. The van der Waals surface area contributed by atoms with Crippen molar-refractivity contribution in [3.8, 4) is 0 Å². The molecule has 0 bridgehead atoms. The number of carbonyl (C=O) groups is 1. The average Bonchev–Trinajstić information content (AvgIpc) is 2.68. The third-order valence-corrected chi connectivity index (χ3v) is 5.99. The molecule has 0 atom stereocenters. The van der Waals surface area contributed by atoms with Gasteiger partial charge in [0.2, 0.25) is 10.0 Å². The van der Waals surface area contributed by atoms with Crippen molar-refractivity contribution in [2.75, 3.05) is 30.3 Å². The van der Waals surface area contributed by atoms with Crippen molar-refractivity contribution < 1.29 is 13.2 Å². The molecule has 0 fully saturated rings. The summed E-state index contributed by atoms with van der Waals surface area (Å²) in [5.74, 6) is -0.458. The zero-order valence-corrected chi connectivity index (χ0v) is 16.6. The van der Waals surface area contributed by atoms with Crippen molar-refractivity contribution >= 4 is 27.3 Å². The van der Waals surface area contributed by atoms with E-state index in [4.69, 9.17) is 0 Å². The quantitative estimate of drug-likeness (QED) is 0.681. The second kappa shape index (κ2) is 9.43. The average molecular weight is 391 g/mol. The summed E-state index contributed by atoms with van der Waals surface area (Å²) in [7, 11) is -3.64. The van der Waals surface area contributed by atoms with E-state index in [1.807, 2.05) is 6.92 Å². The summed E-state index contributed by atoms with van der Waals surface area (Å²) >= 11 is 0. The van der Waals surface area contributed by atoms with Crippen LogP contribution in [0.25, 0.3) is 0 Å². The van der Waals surface area contributed by atoms with E-state index >= 15 is 0 Å². The van der Waals surface area contributed by atoms with Crippen LogP contribution in [0.5, 0.6) is 0 Å². The van der Waals surface area contributed by atoms with Crippen molar-refractivity contribution in [3.63, 3.8) is 0 Å². The molecule has 0 saturated carbocycles. The molecule has 0 aliphatic carbocycles. The Labute approximate surface area is 160 Å². The maximum absolute atomic E-state index is 12.8. The van der Waals surface area contributed by atoms with Crippen LogP contribution >= 0.6 is 0 Å². The molecule has 0 aliphatic heterocycles. The van der Waals surface area contributed by atoms with Gasteiger partial charge in [0.1, 0.15) is 5.69 Å². The molecule has 0 unspecified atom stereocenters. The summed E-state index contributed by atoms with van der Waals surface area (Å²) in [4.78, 5) is 20.4. The third kappa shape index (κ3) is 5.01. The Balaban J connectivity index is 2.41. The fraction of sp³-hybridized carbons (Fsp3) is 0.389. The van der Waals surface area contributed by atoms with Crippen molar-refractivity contribution in [1.82, 2.24) is 14.3 Å². The fourth-order valence-corrected chi connectivity index (χ4v) is 4.00. The number of sulfonamides is 1. The van der Waals surface area contributed by atoms with Crippen LogP contribution in [0.1, 0.15) is 37.7 Å². The molecule has 0 saturated heterocycles. The Morgan fingerprint density at radius 1 is 1.11 bits per heavy atom. The molecule has 1 heterocycles. The van der Waals surface area contributed by atoms with Crippen LogP contribution in [0.4, 0.5) is 11.4 Å². The van der Waals surface area contributed by atoms with E-state index < -0.39 is 15.9 Å². The predicted octanol–water partition coefficient (Wildman–Crippen LogP) is 2.58. The molecule has 0 spiro atoms. The van der Waals surface area contributed by atoms with Gasteiger partial charge < -0.3 is 10.6 Å². The lowest BCUT2D eigenvalue weighted by Gasteiger charge is -2.20. The van der Waals surface area contributed by atoms with Gasteiger partial charge in [-0.3, -0.25) is 9.78 Å². The van der Waals surface area contributed by atoms with Crippen LogP contribution in [-0.2, 0) is 10.0 Å². The van der Waals surface area contributed by atoms with Gasteiger partial charge in [0, 0.05) is 32.0 Å². The van der Waals surface area contributed by atoms with E-state index in [1.54, 1.807) is 26.0 Å². The summed E-state index contributed by atoms with van der Waals surface area (Å²) in [5, 5.41) is 5.93. The number of hydrogen-bond acceptors (Lipinski definition) is 6. The zero-order chi connectivity index (χ0) is 19.9. The largest absolute Gasteiger partial charge is 0.383 e. The topological polar surface area (TPSA) is 104 Å². The number of nitrogens with zero attached hydrogens (tertiary/aromatic N) is 3. The predicted molar refractivity (Wildman–Crippen MR) is 105 cm³/mol. The molecule has 2 aromatic rings. The van der Waals surface area contributed by atoms with Crippen LogP contribution in [0.15, 0.2) is 41.7 Å². The van der Waals surface area contributed by atoms with E-state index in [2.05, 4.69) is 20.6 Å². The minimum atomic E-state index is -3.64. The Hall–Kier alpha value is -2.52. The molecule has 8 nitrogen and oxygen atoms in total. The van der Waals surface area contributed by atoms with Crippen molar-refractivity contribution in [2.24, 2.45) is 0 Å². The van der Waals surface area contributed by atoms with Gasteiger partial charge in [-0.25, -0.2) is 13.4 Å². The molecule has 2 N–H and O–H groups in total. The smallest absolute Gasteiger partial charge is 0.275 e. The highest BCUT2D eigenvalue weighted by Crippen LogP contribution is 2.27. The van der Waals surface area contributed by atoms with E-state index in [0.29, 0.717) is 31.0 Å². The molecule has 1 aromatic heterocycles. The maximum atomic E-state index is 12.8. The normalized spacial score (nSPS) is 11.4. The number of rotatable bonds is 9. The summed E-state index contributed by atoms with van der Waals surface area (Å²) in [5.41, 5.74) is 1.18. The Morgan fingerprint density at radius 2 is 1.85 bits per heavy atom. The highest BCUT2D eigenvalue weighted by Gasteiger charge is 2.23. The van der Waals surface area contributed by atoms with Gasteiger partial charge in [-0.1, -0.05) is 20.8 Å². The first-order valence-corrected chi connectivity index (χ1v) is 10.3. The van der Waals surface area contributed by atoms with E-state index in [9.17, 15) is 13.2 Å². The Kier molecular flexibility index (Phi) is 7.26. The summed E-state index contributed by atoms with van der Waals surface area (Å²) < 4.78 is 27.0. The molecule has 2 rings (SSSR count). The van der Waals surface area contributed by atoms with Gasteiger partial charge in [0.05, 0.1) is 22.5 Å². The molecular formula is C18H25N5O3S. The van der Waals surface area contributed by atoms with Crippen molar-refractivity contribution in [1.29, 1.82) is 0 Å². The molecular weight excluding hydrogens is 366 g/mol. The number of carbonyl (C=O) groups excluding carboxylic acids is 1. The number of hydrogen-bond donors (Lipinski definition) is 2. The van der Waals surface area contributed by atoms with Crippen LogP contribution in [-0.4, -0.2) is 48.2 Å². The SMILES string of the molecule is CCCNc1ccc(S(=O)(=O)N(CC)CC)cc1NC(=O)c1cnccn1. The summed E-state index contributed by atoms with van der Waals surface area (Å²) in [6.45, 7) is 7.02. The standard InChI is InChI=1S/C18H25N5O3S/c1-4-9-20-15-8-7-14(27(25,26)23(5-2)6-3)12-16(15)22-18(24)17-13-19-10-11-21-17/h7-8,10-13,20H,4-6,9H2,1-3H3,(H,22,24). The monoisotopic (exact) mass is 391 g/mol. The first-order chi connectivity index (χ1) is 12.9. The van der Waals surface area contributed by atoms with Gasteiger partial charge >= 0.3 is 0 Å². The van der Waals surface area contributed by atoms with Crippen LogP contribution in [0, 0.1) is 0 Å². The summed E-state index contributed by atoms with van der Waals surface area (Å²) in [6.07, 6.45) is 5.14.